The SMILES string of the molecule is NCC(CC(N)=O)C1CCCCO1. The Bertz CT molecular complexity index is 167. The van der Waals surface area contributed by atoms with Gasteiger partial charge in [-0.15, -0.1) is 0 Å². The zero-order valence-corrected chi connectivity index (χ0v) is 7.87. The minimum absolute atomic E-state index is 0.109. The summed E-state index contributed by atoms with van der Waals surface area (Å²) in [4.78, 5) is 10.7. The molecule has 0 aromatic heterocycles. The summed E-state index contributed by atoms with van der Waals surface area (Å²) in [5.41, 5.74) is 10.7. The first-order chi connectivity index (χ1) is 6.24. The van der Waals surface area contributed by atoms with E-state index in [0.29, 0.717) is 13.0 Å². The van der Waals surface area contributed by atoms with E-state index >= 15 is 0 Å². The third-order valence-corrected chi connectivity index (χ3v) is 2.51. The van der Waals surface area contributed by atoms with Gasteiger partial charge in [-0.25, -0.2) is 0 Å². The minimum Gasteiger partial charge on any atom is -0.378 e. The molecule has 4 N–H and O–H groups in total. The van der Waals surface area contributed by atoms with Gasteiger partial charge in [-0.3, -0.25) is 4.79 Å². The van der Waals surface area contributed by atoms with Crippen molar-refractivity contribution in [3.8, 4) is 0 Å². The molecule has 1 rings (SSSR count). The van der Waals surface area contributed by atoms with E-state index in [2.05, 4.69) is 0 Å². The monoisotopic (exact) mass is 186 g/mol. The van der Waals surface area contributed by atoms with Gasteiger partial charge in [-0.05, 0) is 25.8 Å². The van der Waals surface area contributed by atoms with Crippen LogP contribution in [0.5, 0.6) is 0 Å². The van der Waals surface area contributed by atoms with Gasteiger partial charge >= 0.3 is 0 Å². The molecule has 2 unspecified atom stereocenters. The fourth-order valence-corrected chi connectivity index (χ4v) is 1.76. The molecule has 0 saturated carbocycles. The van der Waals surface area contributed by atoms with E-state index in [1.54, 1.807) is 0 Å². The van der Waals surface area contributed by atoms with Gasteiger partial charge in [-0.2, -0.15) is 0 Å². The molecule has 0 radical (unpaired) electrons. The Kier molecular flexibility index (Phi) is 4.18. The van der Waals surface area contributed by atoms with E-state index in [0.717, 1.165) is 19.4 Å². The molecule has 0 spiro atoms. The Labute approximate surface area is 78.6 Å². The van der Waals surface area contributed by atoms with Crippen molar-refractivity contribution in [2.24, 2.45) is 17.4 Å². The van der Waals surface area contributed by atoms with Crippen LogP contribution in [0.25, 0.3) is 0 Å². The average Bonchev–Trinajstić information content (AvgIpc) is 2.15. The third kappa shape index (κ3) is 3.32. The predicted octanol–water partition coefficient (Wildman–Crippen LogP) is 0.00580. The molecule has 0 aliphatic carbocycles. The maximum Gasteiger partial charge on any atom is 0.217 e. The fourth-order valence-electron chi connectivity index (χ4n) is 1.76. The standard InChI is InChI=1S/C9H18N2O2/c10-6-7(5-9(11)12)8-3-1-2-4-13-8/h7-8H,1-6,10H2,(H2,11,12). The van der Waals surface area contributed by atoms with Crippen molar-refractivity contribution in [2.45, 2.75) is 31.8 Å². The zero-order valence-electron chi connectivity index (χ0n) is 7.87. The second kappa shape index (κ2) is 5.19. The third-order valence-electron chi connectivity index (χ3n) is 2.51. The van der Waals surface area contributed by atoms with Crippen molar-refractivity contribution < 1.29 is 9.53 Å². The van der Waals surface area contributed by atoms with E-state index in [1.165, 1.54) is 6.42 Å². The molecule has 2 atom stereocenters. The van der Waals surface area contributed by atoms with E-state index in [9.17, 15) is 4.79 Å². The molecule has 4 heteroatoms. The average molecular weight is 186 g/mol. The van der Waals surface area contributed by atoms with Crippen LogP contribution in [0.4, 0.5) is 0 Å². The quantitative estimate of drug-likeness (QED) is 0.649. The zero-order chi connectivity index (χ0) is 9.68. The molecule has 0 bridgehead atoms. The summed E-state index contributed by atoms with van der Waals surface area (Å²) in [6, 6.07) is 0. The highest BCUT2D eigenvalue weighted by Gasteiger charge is 2.24. The molecule has 4 nitrogen and oxygen atoms in total. The van der Waals surface area contributed by atoms with Gasteiger partial charge in [0.15, 0.2) is 0 Å². The van der Waals surface area contributed by atoms with Crippen LogP contribution >= 0.6 is 0 Å². The molecule has 76 valence electrons. The van der Waals surface area contributed by atoms with Gasteiger partial charge < -0.3 is 16.2 Å². The number of nitrogens with two attached hydrogens (primary N) is 2. The summed E-state index contributed by atoms with van der Waals surface area (Å²) < 4.78 is 5.54. The second-order valence-electron chi connectivity index (χ2n) is 3.57. The lowest BCUT2D eigenvalue weighted by molar-refractivity contribution is -0.120. The number of primary amides is 1. The van der Waals surface area contributed by atoms with Crippen LogP contribution in [-0.4, -0.2) is 25.2 Å². The van der Waals surface area contributed by atoms with Gasteiger partial charge in [0, 0.05) is 18.9 Å². The summed E-state index contributed by atoms with van der Waals surface area (Å²) >= 11 is 0. The van der Waals surface area contributed by atoms with Gasteiger partial charge in [0.05, 0.1) is 6.10 Å². The molecule has 0 aromatic carbocycles. The van der Waals surface area contributed by atoms with Crippen LogP contribution in [0, 0.1) is 5.92 Å². The van der Waals surface area contributed by atoms with Gasteiger partial charge in [0.2, 0.25) is 5.91 Å². The first-order valence-electron chi connectivity index (χ1n) is 4.84. The van der Waals surface area contributed by atoms with Crippen LogP contribution in [0.3, 0.4) is 0 Å². The molecular formula is C9H18N2O2. The van der Waals surface area contributed by atoms with Gasteiger partial charge in [0.25, 0.3) is 0 Å². The Morgan fingerprint density at radius 3 is 2.77 bits per heavy atom. The molecule has 1 fully saturated rings. The molecule has 1 amide bonds. The Balaban J connectivity index is 2.39. The second-order valence-corrected chi connectivity index (χ2v) is 3.57. The number of carbonyl (C=O) groups is 1. The summed E-state index contributed by atoms with van der Waals surface area (Å²) in [7, 11) is 0. The predicted molar refractivity (Wildman–Crippen MR) is 49.9 cm³/mol. The van der Waals surface area contributed by atoms with E-state index in [-0.39, 0.29) is 17.9 Å². The smallest absolute Gasteiger partial charge is 0.217 e. The van der Waals surface area contributed by atoms with Crippen molar-refractivity contribution in [3.63, 3.8) is 0 Å². The number of carbonyl (C=O) groups excluding carboxylic acids is 1. The molecular weight excluding hydrogens is 168 g/mol. The summed E-state index contributed by atoms with van der Waals surface area (Å²) in [5.74, 6) is -0.178. The lowest BCUT2D eigenvalue weighted by Gasteiger charge is -2.28. The van der Waals surface area contributed by atoms with E-state index in [1.807, 2.05) is 0 Å². The Morgan fingerprint density at radius 1 is 1.54 bits per heavy atom. The fraction of sp³-hybridized carbons (Fsp3) is 0.889. The molecule has 1 aliphatic rings. The number of hydrogen-bond acceptors (Lipinski definition) is 3. The maximum absolute atomic E-state index is 10.7. The molecule has 1 heterocycles. The van der Waals surface area contributed by atoms with Crippen LogP contribution in [0.15, 0.2) is 0 Å². The summed E-state index contributed by atoms with van der Waals surface area (Å²) in [6.07, 6.45) is 3.78. The van der Waals surface area contributed by atoms with Crippen molar-refractivity contribution in [1.82, 2.24) is 0 Å². The van der Waals surface area contributed by atoms with Crippen molar-refractivity contribution in [1.29, 1.82) is 0 Å². The van der Waals surface area contributed by atoms with E-state index < -0.39 is 0 Å². The number of rotatable bonds is 4. The lowest BCUT2D eigenvalue weighted by Crippen LogP contribution is -2.35. The topological polar surface area (TPSA) is 78.3 Å². The lowest BCUT2D eigenvalue weighted by atomic mass is 9.93. The molecule has 0 aromatic rings. The largest absolute Gasteiger partial charge is 0.378 e. The molecule has 1 saturated heterocycles. The highest BCUT2D eigenvalue weighted by atomic mass is 16.5. The number of ether oxygens (including phenoxy) is 1. The van der Waals surface area contributed by atoms with Crippen molar-refractivity contribution in [2.75, 3.05) is 13.2 Å². The maximum atomic E-state index is 10.7. The van der Waals surface area contributed by atoms with Crippen LogP contribution in [-0.2, 0) is 9.53 Å². The number of hydrogen-bond donors (Lipinski definition) is 2. The highest BCUT2D eigenvalue weighted by Crippen LogP contribution is 2.21. The van der Waals surface area contributed by atoms with Gasteiger partial charge in [0.1, 0.15) is 0 Å². The molecule has 1 aliphatic heterocycles. The minimum atomic E-state index is -0.287. The van der Waals surface area contributed by atoms with Gasteiger partial charge in [-0.1, -0.05) is 0 Å². The van der Waals surface area contributed by atoms with Crippen LogP contribution < -0.4 is 11.5 Å². The summed E-state index contributed by atoms with van der Waals surface area (Å²) in [6.45, 7) is 1.27. The number of amides is 1. The van der Waals surface area contributed by atoms with Crippen molar-refractivity contribution in [3.05, 3.63) is 0 Å². The van der Waals surface area contributed by atoms with E-state index in [4.69, 9.17) is 16.2 Å². The first-order valence-corrected chi connectivity index (χ1v) is 4.84. The first kappa shape index (κ1) is 10.5. The van der Waals surface area contributed by atoms with Crippen LogP contribution in [0.2, 0.25) is 0 Å². The Hall–Kier alpha value is -0.610. The Morgan fingerprint density at radius 2 is 2.31 bits per heavy atom. The highest BCUT2D eigenvalue weighted by molar-refractivity contribution is 5.74. The normalized spacial score (nSPS) is 25.5. The van der Waals surface area contributed by atoms with Crippen molar-refractivity contribution >= 4 is 5.91 Å². The molecule has 13 heavy (non-hydrogen) atoms. The summed E-state index contributed by atoms with van der Waals surface area (Å²) in [5, 5.41) is 0. The van der Waals surface area contributed by atoms with Crippen LogP contribution in [0.1, 0.15) is 25.7 Å².